The Morgan fingerprint density at radius 1 is 1.30 bits per heavy atom. The van der Waals surface area contributed by atoms with Crippen molar-refractivity contribution in [1.29, 1.82) is 0 Å². The van der Waals surface area contributed by atoms with Crippen LogP contribution >= 0.6 is 0 Å². The molecule has 1 aliphatic heterocycles. The fourth-order valence-electron chi connectivity index (χ4n) is 1.46. The maximum Gasteiger partial charge on any atom is 0.0142 e. The van der Waals surface area contributed by atoms with E-state index in [-0.39, 0.29) is 0 Å². The number of likely N-dealkylation sites (tertiary alicyclic amines) is 1. The van der Waals surface area contributed by atoms with Gasteiger partial charge in [-0.25, -0.2) is 5.32 Å². The third kappa shape index (κ3) is 2.67. The minimum atomic E-state index is 1.04. The van der Waals surface area contributed by atoms with Crippen molar-refractivity contribution in [3.8, 4) is 0 Å². The van der Waals surface area contributed by atoms with Crippen LogP contribution < -0.4 is 5.32 Å². The Morgan fingerprint density at radius 2 is 2.00 bits per heavy atom. The van der Waals surface area contributed by atoms with Crippen LogP contribution in [0.2, 0.25) is 0 Å². The maximum atomic E-state index is 4.07. The second-order valence-electron chi connectivity index (χ2n) is 2.94. The van der Waals surface area contributed by atoms with Crippen LogP contribution in [0.25, 0.3) is 0 Å². The molecule has 1 saturated heterocycles. The summed E-state index contributed by atoms with van der Waals surface area (Å²) in [4.78, 5) is 2.53. The molecule has 0 unspecified atom stereocenters. The van der Waals surface area contributed by atoms with E-state index < -0.39 is 0 Å². The van der Waals surface area contributed by atoms with Gasteiger partial charge in [-0.2, -0.15) is 0 Å². The molecule has 0 aromatic carbocycles. The molecule has 0 atom stereocenters. The summed E-state index contributed by atoms with van der Waals surface area (Å²) in [7, 11) is 1.89. The van der Waals surface area contributed by atoms with Crippen LogP contribution in [0, 0.1) is 0 Å². The molecular weight excluding hydrogens is 124 g/mol. The van der Waals surface area contributed by atoms with Crippen molar-refractivity contribution in [1.82, 2.24) is 10.2 Å². The third-order valence-corrected chi connectivity index (χ3v) is 2.05. The lowest BCUT2D eigenvalue weighted by molar-refractivity contribution is 0.332. The van der Waals surface area contributed by atoms with Crippen LogP contribution in [-0.4, -0.2) is 38.1 Å². The molecule has 0 bridgehead atoms. The highest BCUT2D eigenvalue weighted by Gasteiger charge is 2.09. The molecule has 1 aliphatic rings. The Morgan fingerprint density at radius 3 is 2.60 bits per heavy atom. The van der Waals surface area contributed by atoms with Crippen LogP contribution in [0.5, 0.6) is 0 Å². The maximum absolute atomic E-state index is 4.07. The number of rotatable bonds is 4. The van der Waals surface area contributed by atoms with Crippen LogP contribution in [0.1, 0.15) is 19.3 Å². The summed E-state index contributed by atoms with van der Waals surface area (Å²) in [5.41, 5.74) is 0. The van der Waals surface area contributed by atoms with Gasteiger partial charge in [0.1, 0.15) is 0 Å². The molecule has 1 rings (SSSR count). The van der Waals surface area contributed by atoms with E-state index in [9.17, 15) is 0 Å². The number of hydrogen-bond donors (Lipinski definition) is 0. The highest BCUT2D eigenvalue weighted by Crippen LogP contribution is 2.06. The summed E-state index contributed by atoms with van der Waals surface area (Å²) < 4.78 is 0. The fraction of sp³-hybridized carbons (Fsp3) is 1.00. The van der Waals surface area contributed by atoms with E-state index in [4.69, 9.17) is 0 Å². The summed E-state index contributed by atoms with van der Waals surface area (Å²) in [5.74, 6) is 0. The van der Waals surface area contributed by atoms with E-state index in [1.807, 2.05) is 7.05 Å². The molecule has 0 amide bonds. The molecule has 10 heavy (non-hydrogen) atoms. The molecule has 1 radical (unpaired) electrons. The molecule has 0 aliphatic carbocycles. The van der Waals surface area contributed by atoms with E-state index in [0.29, 0.717) is 0 Å². The molecule has 1 fully saturated rings. The number of hydrogen-bond acceptors (Lipinski definition) is 1. The van der Waals surface area contributed by atoms with Gasteiger partial charge in [0.2, 0.25) is 0 Å². The average Bonchev–Trinajstić information content (AvgIpc) is 2.41. The molecule has 0 saturated carbocycles. The first kappa shape index (κ1) is 8.02. The summed E-state index contributed by atoms with van der Waals surface area (Å²) in [6.07, 6.45) is 4.06. The van der Waals surface area contributed by atoms with E-state index in [2.05, 4.69) is 10.2 Å². The first-order valence-corrected chi connectivity index (χ1v) is 4.21. The predicted molar refractivity (Wildman–Crippen MR) is 43.2 cm³/mol. The van der Waals surface area contributed by atoms with Gasteiger partial charge in [0.25, 0.3) is 0 Å². The smallest absolute Gasteiger partial charge is 0.0142 e. The highest BCUT2D eigenvalue weighted by molar-refractivity contribution is 4.65. The average molecular weight is 141 g/mol. The van der Waals surface area contributed by atoms with Crippen LogP contribution in [0.3, 0.4) is 0 Å². The first-order chi connectivity index (χ1) is 4.93. The summed E-state index contributed by atoms with van der Waals surface area (Å²) in [6, 6.07) is 0. The van der Waals surface area contributed by atoms with Gasteiger partial charge >= 0.3 is 0 Å². The molecule has 1 heterocycles. The van der Waals surface area contributed by atoms with Gasteiger partial charge in [0, 0.05) is 13.6 Å². The lowest BCUT2D eigenvalue weighted by atomic mass is 10.4. The van der Waals surface area contributed by atoms with Crippen molar-refractivity contribution in [2.75, 3.05) is 33.2 Å². The molecule has 0 spiro atoms. The molecule has 2 heteroatoms. The van der Waals surface area contributed by atoms with Crippen molar-refractivity contribution in [3.05, 3.63) is 0 Å². The van der Waals surface area contributed by atoms with Gasteiger partial charge in [-0.15, -0.1) is 0 Å². The molecule has 0 aromatic heterocycles. The van der Waals surface area contributed by atoms with E-state index >= 15 is 0 Å². The normalized spacial score (nSPS) is 20.1. The second-order valence-corrected chi connectivity index (χ2v) is 2.94. The van der Waals surface area contributed by atoms with Crippen molar-refractivity contribution in [3.63, 3.8) is 0 Å². The van der Waals surface area contributed by atoms with Crippen molar-refractivity contribution in [2.45, 2.75) is 19.3 Å². The van der Waals surface area contributed by atoms with E-state index in [1.165, 1.54) is 38.9 Å². The van der Waals surface area contributed by atoms with Crippen LogP contribution in [-0.2, 0) is 0 Å². The topological polar surface area (TPSA) is 17.3 Å². The van der Waals surface area contributed by atoms with Gasteiger partial charge in [-0.05, 0) is 38.9 Å². The lowest BCUT2D eigenvalue weighted by Gasteiger charge is -2.12. The first-order valence-electron chi connectivity index (χ1n) is 4.21. The molecule has 0 N–H and O–H groups in total. The van der Waals surface area contributed by atoms with Crippen molar-refractivity contribution < 1.29 is 0 Å². The van der Waals surface area contributed by atoms with Gasteiger partial charge in [0.15, 0.2) is 0 Å². The van der Waals surface area contributed by atoms with Gasteiger partial charge in [-0.3, -0.25) is 0 Å². The molecular formula is C8H17N2. The van der Waals surface area contributed by atoms with Crippen molar-refractivity contribution in [2.24, 2.45) is 0 Å². The van der Waals surface area contributed by atoms with Crippen LogP contribution in [0.15, 0.2) is 0 Å². The zero-order chi connectivity index (χ0) is 7.23. The predicted octanol–water partition coefficient (Wildman–Crippen LogP) is 0.706. The molecule has 0 aromatic rings. The fourth-order valence-corrected chi connectivity index (χ4v) is 1.46. The standard InChI is InChI=1S/C8H17N2/c1-9-5-4-8-10-6-2-3-7-10/h2-8H2,1H3. The Balaban J connectivity index is 1.91. The quantitative estimate of drug-likeness (QED) is 0.527. The van der Waals surface area contributed by atoms with Gasteiger partial charge < -0.3 is 4.90 Å². The second kappa shape index (κ2) is 4.69. The van der Waals surface area contributed by atoms with Crippen LogP contribution in [0.4, 0.5) is 0 Å². The Bertz CT molecular complexity index is 77.3. The summed E-state index contributed by atoms with van der Waals surface area (Å²) in [6.45, 7) is 4.95. The van der Waals surface area contributed by atoms with Gasteiger partial charge in [-0.1, -0.05) is 0 Å². The van der Waals surface area contributed by atoms with E-state index in [1.54, 1.807) is 0 Å². The van der Waals surface area contributed by atoms with Gasteiger partial charge in [0.05, 0.1) is 0 Å². The molecule has 59 valence electrons. The van der Waals surface area contributed by atoms with E-state index in [0.717, 1.165) is 6.54 Å². The lowest BCUT2D eigenvalue weighted by Crippen LogP contribution is -2.22. The third-order valence-electron chi connectivity index (χ3n) is 2.05. The zero-order valence-electron chi connectivity index (χ0n) is 6.84. The minimum Gasteiger partial charge on any atom is -0.303 e. The summed E-state index contributed by atoms with van der Waals surface area (Å²) in [5, 5.41) is 4.07. The number of nitrogens with zero attached hydrogens (tertiary/aromatic N) is 2. The molecule has 2 nitrogen and oxygen atoms in total. The zero-order valence-corrected chi connectivity index (χ0v) is 6.84. The Kier molecular flexibility index (Phi) is 3.76. The Labute approximate surface area is 63.6 Å². The minimum absolute atomic E-state index is 1.04. The SMILES string of the molecule is C[N]CCCN1CCCC1. The highest BCUT2D eigenvalue weighted by atomic mass is 15.1. The summed E-state index contributed by atoms with van der Waals surface area (Å²) >= 11 is 0. The monoisotopic (exact) mass is 141 g/mol. The largest absolute Gasteiger partial charge is 0.303 e. The Hall–Kier alpha value is -0.0800. The van der Waals surface area contributed by atoms with Crippen molar-refractivity contribution >= 4 is 0 Å².